The Morgan fingerprint density at radius 2 is 2.11 bits per heavy atom. The third-order valence-corrected chi connectivity index (χ3v) is 3.02. The van der Waals surface area contributed by atoms with Gasteiger partial charge in [-0.3, -0.25) is 4.68 Å². The number of furan rings is 1. The number of rotatable bonds is 4. The van der Waals surface area contributed by atoms with Crippen LogP contribution in [0.3, 0.4) is 0 Å². The van der Waals surface area contributed by atoms with Crippen molar-refractivity contribution in [3.63, 3.8) is 0 Å². The second-order valence-electron chi connectivity index (χ2n) is 4.54. The summed E-state index contributed by atoms with van der Waals surface area (Å²) < 4.78 is 7.35. The lowest BCUT2D eigenvalue weighted by molar-refractivity contribution is 0.281. The minimum absolute atomic E-state index is 0.00344. The molecule has 18 heavy (non-hydrogen) atoms. The molecule has 0 atom stereocenters. The van der Waals surface area contributed by atoms with Gasteiger partial charge in [0.25, 0.3) is 0 Å². The highest BCUT2D eigenvalue weighted by Crippen LogP contribution is 2.23. The van der Waals surface area contributed by atoms with Crippen LogP contribution in [0.5, 0.6) is 0 Å². The van der Waals surface area contributed by atoms with Crippen molar-refractivity contribution in [1.82, 2.24) is 9.78 Å². The Hall–Kier alpha value is -1.75. The smallest absolute Gasteiger partial charge is 0.132 e. The maximum atomic E-state index is 9.43. The molecule has 0 radical (unpaired) electrons. The number of aliphatic hydroxyl groups excluding tert-OH is 1. The summed E-state index contributed by atoms with van der Waals surface area (Å²) in [4.78, 5) is 2.03. The van der Waals surface area contributed by atoms with E-state index in [-0.39, 0.29) is 6.61 Å². The van der Waals surface area contributed by atoms with Gasteiger partial charge in [-0.25, -0.2) is 0 Å². The molecule has 1 N–H and O–H groups in total. The minimum Gasteiger partial charge on any atom is -0.464 e. The molecule has 0 aliphatic heterocycles. The van der Waals surface area contributed by atoms with E-state index in [9.17, 15) is 5.11 Å². The summed E-state index contributed by atoms with van der Waals surface area (Å²) in [7, 11) is 3.85. The van der Waals surface area contributed by atoms with Crippen molar-refractivity contribution < 1.29 is 9.52 Å². The predicted octanol–water partition coefficient (Wildman–Crippen LogP) is 1.76. The molecule has 0 aliphatic rings. The lowest BCUT2D eigenvalue weighted by Crippen LogP contribution is -2.20. The van der Waals surface area contributed by atoms with Gasteiger partial charge >= 0.3 is 0 Å². The molecule has 5 heteroatoms. The molecule has 0 fully saturated rings. The quantitative estimate of drug-likeness (QED) is 0.897. The molecule has 98 valence electrons. The highest BCUT2D eigenvalue weighted by molar-refractivity contribution is 5.49. The summed E-state index contributed by atoms with van der Waals surface area (Å²) in [6.07, 6.45) is 0. The van der Waals surface area contributed by atoms with Crippen LogP contribution in [0, 0.1) is 13.8 Å². The van der Waals surface area contributed by atoms with E-state index in [1.807, 2.05) is 45.0 Å². The number of anilines is 1. The van der Waals surface area contributed by atoms with E-state index < -0.39 is 0 Å². The molecule has 0 saturated carbocycles. The standard InChI is InChI=1S/C13H19N3O2/c1-9-5-6-11(18-9)7-15(3)13-12(8-17)10(2)14-16(13)4/h5-6,17H,7-8H2,1-4H3. The van der Waals surface area contributed by atoms with E-state index in [4.69, 9.17) is 4.42 Å². The van der Waals surface area contributed by atoms with Crippen LogP contribution in [-0.4, -0.2) is 21.9 Å². The van der Waals surface area contributed by atoms with Crippen molar-refractivity contribution in [3.8, 4) is 0 Å². The zero-order valence-electron chi connectivity index (χ0n) is 11.3. The summed E-state index contributed by atoms with van der Waals surface area (Å²) in [5, 5.41) is 13.8. The first-order valence-electron chi connectivity index (χ1n) is 5.92. The normalized spacial score (nSPS) is 10.9. The van der Waals surface area contributed by atoms with Crippen LogP contribution in [0.4, 0.5) is 5.82 Å². The molecule has 0 saturated heterocycles. The Balaban J connectivity index is 2.25. The summed E-state index contributed by atoms with van der Waals surface area (Å²) in [5.41, 5.74) is 1.72. The van der Waals surface area contributed by atoms with Crippen LogP contribution in [0.1, 0.15) is 22.8 Å². The van der Waals surface area contributed by atoms with Crippen molar-refractivity contribution in [2.24, 2.45) is 7.05 Å². The van der Waals surface area contributed by atoms with E-state index in [1.165, 1.54) is 0 Å². The number of aliphatic hydroxyl groups is 1. The van der Waals surface area contributed by atoms with Gasteiger partial charge < -0.3 is 14.4 Å². The predicted molar refractivity (Wildman–Crippen MR) is 69.4 cm³/mol. The summed E-state index contributed by atoms with van der Waals surface area (Å²) in [5.74, 6) is 2.73. The number of aryl methyl sites for hydroxylation is 3. The topological polar surface area (TPSA) is 54.4 Å². The molecular formula is C13H19N3O2. The number of hydrogen-bond acceptors (Lipinski definition) is 4. The molecule has 2 aromatic heterocycles. The molecule has 5 nitrogen and oxygen atoms in total. The summed E-state index contributed by atoms with van der Waals surface area (Å²) in [6, 6.07) is 3.91. The third kappa shape index (κ3) is 2.26. The van der Waals surface area contributed by atoms with E-state index >= 15 is 0 Å². The van der Waals surface area contributed by atoms with Gasteiger partial charge in [0.05, 0.1) is 18.8 Å². The van der Waals surface area contributed by atoms with Crippen LogP contribution in [0.15, 0.2) is 16.5 Å². The molecule has 0 aliphatic carbocycles. The maximum Gasteiger partial charge on any atom is 0.132 e. The Kier molecular flexibility index (Phi) is 3.43. The molecule has 0 aromatic carbocycles. The van der Waals surface area contributed by atoms with Gasteiger partial charge in [-0.2, -0.15) is 5.10 Å². The zero-order valence-corrected chi connectivity index (χ0v) is 11.3. The Morgan fingerprint density at radius 3 is 2.67 bits per heavy atom. The van der Waals surface area contributed by atoms with Crippen molar-refractivity contribution in [1.29, 1.82) is 0 Å². The fourth-order valence-corrected chi connectivity index (χ4v) is 2.23. The van der Waals surface area contributed by atoms with Crippen LogP contribution in [0.2, 0.25) is 0 Å². The molecule has 2 heterocycles. The molecular weight excluding hydrogens is 230 g/mol. The average Bonchev–Trinajstić information content (AvgIpc) is 2.82. The second kappa shape index (κ2) is 4.86. The van der Waals surface area contributed by atoms with Crippen molar-refractivity contribution in [2.45, 2.75) is 27.0 Å². The van der Waals surface area contributed by atoms with Crippen molar-refractivity contribution in [2.75, 3.05) is 11.9 Å². The lowest BCUT2D eigenvalue weighted by Gasteiger charge is -2.19. The van der Waals surface area contributed by atoms with Gasteiger partial charge in [0.2, 0.25) is 0 Å². The minimum atomic E-state index is -0.00344. The summed E-state index contributed by atoms with van der Waals surface area (Å²) >= 11 is 0. The van der Waals surface area contributed by atoms with Crippen LogP contribution < -0.4 is 4.90 Å². The van der Waals surface area contributed by atoms with Crippen LogP contribution in [-0.2, 0) is 20.2 Å². The Bertz CT molecular complexity index is 542. The van der Waals surface area contributed by atoms with Gasteiger partial charge in [0, 0.05) is 19.7 Å². The van der Waals surface area contributed by atoms with E-state index in [0.29, 0.717) is 6.54 Å². The zero-order chi connectivity index (χ0) is 13.3. The molecule has 2 aromatic rings. The maximum absolute atomic E-state index is 9.43. The van der Waals surface area contributed by atoms with Crippen LogP contribution in [0.25, 0.3) is 0 Å². The second-order valence-corrected chi connectivity index (χ2v) is 4.54. The largest absolute Gasteiger partial charge is 0.464 e. The van der Waals surface area contributed by atoms with Crippen molar-refractivity contribution >= 4 is 5.82 Å². The number of nitrogens with zero attached hydrogens (tertiary/aromatic N) is 3. The fraction of sp³-hybridized carbons (Fsp3) is 0.462. The van der Waals surface area contributed by atoms with Gasteiger partial charge in [-0.1, -0.05) is 0 Å². The Labute approximate surface area is 107 Å². The van der Waals surface area contributed by atoms with E-state index in [1.54, 1.807) is 4.68 Å². The van der Waals surface area contributed by atoms with E-state index in [0.717, 1.165) is 28.6 Å². The lowest BCUT2D eigenvalue weighted by atomic mass is 10.2. The summed E-state index contributed by atoms with van der Waals surface area (Å²) in [6.45, 7) is 4.48. The molecule has 2 rings (SSSR count). The van der Waals surface area contributed by atoms with Gasteiger partial charge in [0.1, 0.15) is 17.3 Å². The average molecular weight is 249 g/mol. The molecule has 0 spiro atoms. The third-order valence-electron chi connectivity index (χ3n) is 3.02. The molecule has 0 bridgehead atoms. The van der Waals surface area contributed by atoms with Crippen molar-refractivity contribution in [3.05, 3.63) is 34.9 Å². The highest BCUT2D eigenvalue weighted by atomic mass is 16.3. The molecule has 0 amide bonds. The van der Waals surface area contributed by atoms with Crippen LogP contribution >= 0.6 is 0 Å². The first-order valence-corrected chi connectivity index (χ1v) is 5.92. The first kappa shape index (κ1) is 12.7. The number of hydrogen-bond donors (Lipinski definition) is 1. The van der Waals surface area contributed by atoms with Gasteiger partial charge in [-0.15, -0.1) is 0 Å². The first-order chi connectivity index (χ1) is 8.52. The fourth-order valence-electron chi connectivity index (χ4n) is 2.23. The SMILES string of the molecule is Cc1ccc(CN(C)c2c(CO)c(C)nn2C)o1. The monoisotopic (exact) mass is 249 g/mol. The molecule has 0 unspecified atom stereocenters. The highest BCUT2D eigenvalue weighted by Gasteiger charge is 2.17. The number of aromatic nitrogens is 2. The van der Waals surface area contributed by atoms with Gasteiger partial charge in [-0.05, 0) is 26.0 Å². The Morgan fingerprint density at radius 1 is 1.39 bits per heavy atom. The van der Waals surface area contributed by atoms with Gasteiger partial charge in [0.15, 0.2) is 0 Å². The van der Waals surface area contributed by atoms with E-state index in [2.05, 4.69) is 5.10 Å².